The summed E-state index contributed by atoms with van der Waals surface area (Å²) in [4.78, 5) is 56.8. The molecule has 0 saturated carbocycles. The summed E-state index contributed by atoms with van der Waals surface area (Å²) in [5.41, 5.74) is 0. The van der Waals surface area contributed by atoms with Gasteiger partial charge >= 0.3 is 11.9 Å². The zero-order valence-electron chi connectivity index (χ0n) is 18.0. The van der Waals surface area contributed by atoms with Gasteiger partial charge in [-0.15, -0.1) is 0 Å². The molecule has 0 aromatic carbocycles. The number of aliphatic carboxylic acids is 2. The lowest BCUT2D eigenvalue weighted by Crippen LogP contribution is -2.43. The maximum Gasteiger partial charge on any atom is 0.326 e. The molecule has 0 radical (unpaired) electrons. The highest BCUT2D eigenvalue weighted by Crippen LogP contribution is 2.02. The Kier molecular flexibility index (Phi) is 15.7. The average molecular weight is 447 g/mol. The van der Waals surface area contributed by atoms with E-state index in [1.807, 2.05) is 0 Å². The van der Waals surface area contributed by atoms with E-state index in [2.05, 4.69) is 16.0 Å². The molecule has 0 spiro atoms. The molecule has 0 saturated heterocycles. The number of likely N-dealkylation sites (N-methyl/N-ethyl adjacent to an activating group) is 1. The molecule has 0 aliphatic carbocycles. The molecule has 0 heterocycles. The monoisotopic (exact) mass is 447 g/mol. The van der Waals surface area contributed by atoms with Gasteiger partial charge in [0.2, 0.25) is 11.8 Å². The molecular formula is C19H33N3O9. The normalized spacial score (nSPS) is 12.6. The fourth-order valence-electron chi connectivity index (χ4n) is 2.42. The van der Waals surface area contributed by atoms with Crippen LogP contribution in [0.4, 0.5) is 0 Å². The topological polar surface area (TPSA) is 180 Å². The van der Waals surface area contributed by atoms with Gasteiger partial charge in [0, 0.05) is 19.4 Å². The number of carboxylic acids is 2. The Morgan fingerprint density at radius 1 is 0.839 bits per heavy atom. The van der Waals surface area contributed by atoms with Crippen LogP contribution in [-0.2, 0) is 33.4 Å². The van der Waals surface area contributed by atoms with E-state index in [1.54, 1.807) is 6.92 Å². The standard InChI is InChI=1S/C19H33N3O9/c1-3-20-14(18(26)27)4-7-17(25)22-15(19(28)29)5-6-16(24)21-8-9-30-10-11-31-12-13(2)23/h14-15,20H,3-12H2,1-2H3,(H,21,24)(H,22,25)(H,26,27)(H,28,29)/t14-,15+/m0/s1. The van der Waals surface area contributed by atoms with Gasteiger partial charge in [-0.05, 0) is 26.3 Å². The van der Waals surface area contributed by atoms with Crippen LogP contribution in [0.15, 0.2) is 0 Å². The van der Waals surface area contributed by atoms with Crippen molar-refractivity contribution in [3.8, 4) is 0 Å². The molecule has 0 aromatic heterocycles. The molecule has 31 heavy (non-hydrogen) atoms. The van der Waals surface area contributed by atoms with E-state index in [0.717, 1.165) is 0 Å². The first-order chi connectivity index (χ1) is 14.7. The number of rotatable bonds is 19. The molecule has 5 N–H and O–H groups in total. The lowest BCUT2D eigenvalue weighted by Gasteiger charge is -2.16. The summed E-state index contributed by atoms with van der Waals surface area (Å²) in [6.45, 7) is 4.57. The van der Waals surface area contributed by atoms with Gasteiger partial charge in [0.1, 0.15) is 18.7 Å². The highest BCUT2D eigenvalue weighted by Gasteiger charge is 2.23. The molecule has 12 heteroatoms. The predicted molar refractivity (Wildman–Crippen MR) is 108 cm³/mol. The second-order valence-corrected chi connectivity index (χ2v) is 6.70. The Morgan fingerprint density at radius 2 is 1.42 bits per heavy atom. The molecule has 0 aliphatic heterocycles. The molecule has 2 amide bonds. The summed E-state index contributed by atoms with van der Waals surface area (Å²) in [7, 11) is 0. The van der Waals surface area contributed by atoms with Gasteiger partial charge in [0.25, 0.3) is 0 Å². The highest BCUT2D eigenvalue weighted by molar-refractivity contribution is 5.85. The van der Waals surface area contributed by atoms with Gasteiger partial charge in [-0.1, -0.05) is 6.92 Å². The zero-order valence-corrected chi connectivity index (χ0v) is 18.0. The lowest BCUT2D eigenvalue weighted by molar-refractivity contribution is -0.143. The fourth-order valence-corrected chi connectivity index (χ4v) is 2.42. The lowest BCUT2D eigenvalue weighted by atomic mass is 10.1. The van der Waals surface area contributed by atoms with Crippen LogP contribution in [0.1, 0.15) is 39.5 Å². The van der Waals surface area contributed by atoms with Crippen LogP contribution in [-0.4, -0.2) is 91.3 Å². The van der Waals surface area contributed by atoms with Crippen molar-refractivity contribution in [1.82, 2.24) is 16.0 Å². The van der Waals surface area contributed by atoms with Crippen molar-refractivity contribution >= 4 is 29.5 Å². The molecule has 0 fully saturated rings. The van der Waals surface area contributed by atoms with Crippen LogP contribution in [0.3, 0.4) is 0 Å². The Morgan fingerprint density at radius 3 is 2.00 bits per heavy atom. The van der Waals surface area contributed by atoms with Gasteiger partial charge in [0.15, 0.2) is 5.78 Å². The van der Waals surface area contributed by atoms with Gasteiger partial charge in [-0.2, -0.15) is 0 Å². The third-order valence-corrected chi connectivity index (χ3v) is 3.95. The molecule has 0 unspecified atom stereocenters. The first-order valence-electron chi connectivity index (χ1n) is 10.1. The summed E-state index contributed by atoms with van der Waals surface area (Å²) in [5, 5.41) is 25.9. The minimum absolute atomic E-state index is 0.0155. The molecule has 0 bridgehead atoms. The van der Waals surface area contributed by atoms with E-state index < -0.39 is 35.8 Å². The maximum absolute atomic E-state index is 11.9. The summed E-state index contributed by atoms with van der Waals surface area (Å²) >= 11 is 0. The molecule has 178 valence electrons. The molecule has 2 atom stereocenters. The number of Topliss-reactive ketones (excluding diaryl/α,β-unsaturated/α-hetero) is 1. The third-order valence-electron chi connectivity index (χ3n) is 3.95. The summed E-state index contributed by atoms with van der Waals surface area (Å²) in [5.74, 6) is -3.45. The van der Waals surface area contributed by atoms with E-state index in [0.29, 0.717) is 6.54 Å². The van der Waals surface area contributed by atoms with Crippen LogP contribution in [0.5, 0.6) is 0 Å². The number of amides is 2. The van der Waals surface area contributed by atoms with Crippen LogP contribution in [0, 0.1) is 0 Å². The Hall–Kier alpha value is -2.57. The van der Waals surface area contributed by atoms with Gasteiger partial charge < -0.3 is 35.6 Å². The number of carboxylic acid groups (broad SMARTS) is 2. The molecule has 12 nitrogen and oxygen atoms in total. The second-order valence-electron chi connectivity index (χ2n) is 6.70. The van der Waals surface area contributed by atoms with Crippen LogP contribution in [0.25, 0.3) is 0 Å². The average Bonchev–Trinajstić information content (AvgIpc) is 2.69. The van der Waals surface area contributed by atoms with Crippen molar-refractivity contribution < 1.29 is 43.7 Å². The number of carbonyl (C=O) groups excluding carboxylic acids is 3. The van der Waals surface area contributed by atoms with Crippen LogP contribution >= 0.6 is 0 Å². The third kappa shape index (κ3) is 15.9. The van der Waals surface area contributed by atoms with Crippen molar-refractivity contribution in [2.45, 2.75) is 51.6 Å². The van der Waals surface area contributed by atoms with Gasteiger partial charge in [0.05, 0.1) is 19.8 Å². The summed E-state index contributed by atoms with van der Waals surface area (Å²) in [6, 6.07) is -2.15. The van der Waals surface area contributed by atoms with Crippen molar-refractivity contribution in [3.05, 3.63) is 0 Å². The van der Waals surface area contributed by atoms with Crippen molar-refractivity contribution in [2.75, 3.05) is 39.5 Å². The molecule has 0 aliphatic rings. The molecule has 0 rings (SSSR count). The van der Waals surface area contributed by atoms with E-state index in [9.17, 15) is 29.1 Å². The Labute approximate surface area is 181 Å². The highest BCUT2D eigenvalue weighted by atomic mass is 16.5. The Balaban J connectivity index is 4.09. The van der Waals surface area contributed by atoms with E-state index >= 15 is 0 Å². The quantitative estimate of drug-likeness (QED) is 0.153. The van der Waals surface area contributed by atoms with E-state index in [4.69, 9.17) is 14.6 Å². The van der Waals surface area contributed by atoms with Crippen molar-refractivity contribution in [1.29, 1.82) is 0 Å². The number of nitrogens with one attached hydrogen (secondary N) is 3. The first kappa shape index (κ1) is 28.4. The number of ketones is 1. The molecule has 0 aromatic rings. The zero-order chi connectivity index (χ0) is 23.6. The van der Waals surface area contributed by atoms with Crippen molar-refractivity contribution in [3.63, 3.8) is 0 Å². The van der Waals surface area contributed by atoms with Crippen LogP contribution < -0.4 is 16.0 Å². The van der Waals surface area contributed by atoms with Gasteiger partial charge in [-0.25, -0.2) is 4.79 Å². The maximum atomic E-state index is 11.9. The summed E-state index contributed by atoms with van der Waals surface area (Å²) < 4.78 is 10.2. The van der Waals surface area contributed by atoms with Gasteiger partial charge in [-0.3, -0.25) is 19.2 Å². The predicted octanol–water partition coefficient (Wildman–Crippen LogP) is -1.08. The van der Waals surface area contributed by atoms with E-state index in [-0.39, 0.29) is 64.4 Å². The smallest absolute Gasteiger partial charge is 0.326 e. The minimum Gasteiger partial charge on any atom is -0.480 e. The minimum atomic E-state index is -1.28. The van der Waals surface area contributed by atoms with Crippen molar-refractivity contribution in [2.24, 2.45) is 0 Å². The Bertz CT molecular complexity index is 598. The largest absolute Gasteiger partial charge is 0.480 e. The molecular weight excluding hydrogens is 414 g/mol. The number of hydrogen-bond donors (Lipinski definition) is 5. The summed E-state index contributed by atoms with van der Waals surface area (Å²) in [6.07, 6.45) is -0.370. The number of ether oxygens (including phenoxy) is 2. The second kappa shape index (κ2) is 17.1. The SMILES string of the molecule is CCN[C@@H](CCC(=O)N[C@H](CCC(=O)NCCOCCOCC(C)=O)C(=O)O)C(=O)O. The fraction of sp³-hybridized carbons (Fsp3) is 0.737. The van der Waals surface area contributed by atoms with Crippen LogP contribution in [0.2, 0.25) is 0 Å². The first-order valence-corrected chi connectivity index (χ1v) is 10.1. The number of hydrogen-bond acceptors (Lipinski definition) is 8. The van der Waals surface area contributed by atoms with E-state index in [1.165, 1.54) is 6.92 Å². The number of carbonyl (C=O) groups is 5.